The molecule has 334 valence electrons. The minimum absolute atomic E-state index is 0.0708. The molecule has 0 aliphatic carbocycles. The SMILES string of the molecule is CCCCC/C=C\C/C=C\CCCCCCCCCC(=O)OCC(COC(=O)CCCCCCCC)OC(=O)CCCCCCCCCCCCCCCCCC. The van der Waals surface area contributed by atoms with E-state index in [1.54, 1.807) is 0 Å². The van der Waals surface area contributed by atoms with E-state index < -0.39 is 6.10 Å². The molecule has 0 rings (SSSR count). The molecule has 0 saturated carbocycles. The van der Waals surface area contributed by atoms with E-state index in [0.717, 1.165) is 70.6 Å². The number of hydrogen-bond acceptors (Lipinski definition) is 6. The van der Waals surface area contributed by atoms with Crippen molar-refractivity contribution in [2.24, 2.45) is 0 Å². The van der Waals surface area contributed by atoms with Gasteiger partial charge in [-0.15, -0.1) is 0 Å². The number of carbonyl (C=O) groups excluding carboxylic acids is 3. The van der Waals surface area contributed by atoms with Crippen LogP contribution in [-0.4, -0.2) is 37.2 Å². The van der Waals surface area contributed by atoms with Gasteiger partial charge in [-0.1, -0.05) is 218 Å². The number of allylic oxidation sites excluding steroid dienone is 4. The molecule has 0 radical (unpaired) electrons. The zero-order valence-corrected chi connectivity index (χ0v) is 38.1. The molecule has 0 heterocycles. The van der Waals surface area contributed by atoms with Crippen LogP contribution in [0.15, 0.2) is 24.3 Å². The Labute approximate surface area is 353 Å². The van der Waals surface area contributed by atoms with Gasteiger partial charge < -0.3 is 14.2 Å². The van der Waals surface area contributed by atoms with Crippen LogP contribution in [0.25, 0.3) is 0 Å². The van der Waals surface area contributed by atoms with Gasteiger partial charge in [0.1, 0.15) is 13.2 Å². The van der Waals surface area contributed by atoms with Crippen LogP contribution in [0.5, 0.6) is 0 Å². The normalized spacial score (nSPS) is 12.1. The molecule has 0 aliphatic rings. The predicted octanol–water partition coefficient (Wildman–Crippen LogP) is 16.0. The van der Waals surface area contributed by atoms with Gasteiger partial charge in [-0.3, -0.25) is 14.4 Å². The van der Waals surface area contributed by atoms with Crippen molar-refractivity contribution in [1.82, 2.24) is 0 Å². The summed E-state index contributed by atoms with van der Waals surface area (Å²) in [5.74, 6) is -0.877. The van der Waals surface area contributed by atoms with Gasteiger partial charge in [0.2, 0.25) is 0 Å². The Morgan fingerprint density at radius 1 is 0.351 bits per heavy atom. The molecule has 0 aliphatic heterocycles. The highest BCUT2D eigenvalue weighted by Gasteiger charge is 2.19. The Balaban J connectivity index is 4.21. The monoisotopic (exact) mass is 803 g/mol. The van der Waals surface area contributed by atoms with Gasteiger partial charge in [0.05, 0.1) is 0 Å². The topological polar surface area (TPSA) is 78.9 Å². The van der Waals surface area contributed by atoms with Crippen molar-refractivity contribution < 1.29 is 28.6 Å². The van der Waals surface area contributed by atoms with Gasteiger partial charge in [0, 0.05) is 19.3 Å². The van der Waals surface area contributed by atoms with Crippen LogP contribution < -0.4 is 0 Å². The van der Waals surface area contributed by atoms with Gasteiger partial charge in [0.25, 0.3) is 0 Å². The zero-order valence-electron chi connectivity index (χ0n) is 38.1. The summed E-state index contributed by atoms with van der Waals surface area (Å²) in [5.41, 5.74) is 0. The summed E-state index contributed by atoms with van der Waals surface area (Å²) in [4.78, 5) is 37.7. The molecule has 1 unspecified atom stereocenters. The summed E-state index contributed by atoms with van der Waals surface area (Å²) in [6.07, 6.45) is 51.8. The van der Waals surface area contributed by atoms with E-state index in [1.165, 1.54) is 154 Å². The highest BCUT2D eigenvalue weighted by molar-refractivity contribution is 5.71. The third kappa shape index (κ3) is 44.8. The summed E-state index contributed by atoms with van der Waals surface area (Å²) >= 11 is 0. The van der Waals surface area contributed by atoms with Crippen molar-refractivity contribution >= 4 is 17.9 Å². The first-order valence-electron chi connectivity index (χ1n) is 24.8. The Hall–Kier alpha value is -2.11. The molecule has 0 fully saturated rings. The van der Waals surface area contributed by atoms with E-state index in [2.05, 4.69) is 45.1 Å². The quantitative estimate of drug-likeness (QED) is 0.0264. The lowest BCUT2D eigenvalue weighted by molar-refractivity contribution is -0.167. The summed E-state index contributed by atoms with van der Waals surface area (Å²) < 4.78 is 16.7. The standard InChI is InChI=1S/C51H94O6/c1-4-7-10-13-16-18-20-22-24-26-28-29-31-33-35-38-41-44-50(53)56-47-48(46-55-49(52)43-40-37-15-12-9-6-3)57-51(54)45-42-39-36-34-32-30-27-25-23-21-19-17-14-11-8-5-2/h16,18,22,24,48H,4-15,17,19-21,23,25-47H2,1-3H3/b18-16-,24-22-. The molecule has 0 aromatic rings. The molecule has 0 saturated heterocycles. The number of esters is 3. The number of unbranched alkanes of at least 4 members (excludes halogenated alkanes) is 30. The average Bonchev–Trinajstić information content (AvgIpc) is 3.21. The van der Waals surface area contributed by atoms with Gasteiger partial charge >= 0.3 is 17.9 Å². The van der Waals surface area contributed by atoms with Crippen LogP contribution >= 0.6 is 0 Å². The lowest BCUT2D eigenvalue weighted by atomic mass is 10.0. The molecule has 0 aromatic carbocycles. The maximum absolute atomic E-state index is 12.7. The molecule has 6 heteroatoms. The van der Waals surface area contributed by atoms with E-state index in [9.17, 15) is 14.4 Å². The molecular weight excluding hydrogens is 709 g/mol. The Kier molecular flexibility index (Phi) is 44.9. The van der Waals surface area contributed by atoms with E-state index in [1.807, 2.05) is 0 Å². The maximum Gasteiger partial charge on any atom is 0.306 e. The van der Waals surface area contributed by atoms with Crippen LogP contribution in [0.2, 0.25) is 0 Å². The van der Waals surface area contributed by atoms with E-state index in [0.29, 0.717) is 19.3 Å². The van der Waals surface area contributed by atoms with Crippen molar-refractivity contribution in [2.75, 3.05) is 13.2 Å². The lowest BCUT2D eigenvalue weighted by Crippen LogP contribution is -2.30. The fourth-order valence-electron chi connectivity index (χ4n) is 7.18. The van der Waals surface area contributed by atoms with Crippen LogP contribution in [-0.2, 0) is 28.6 Å². The van der Waals surface area contributed by atoms with Crippen molar-refractivity contribution in [2.45, 2.75) is 271 Å². The number of hydrogen-bond donors (Lipinski definition) is 0. The maximum atomic E-state index is 12.7. The average molecular weight is 803 g/mol. The molecular formula is C51H94O6. The smallest absolute Gasteiger partial charge is 0.306 e. The van der Waals surface area contributed by atoms with Crippen molar-refractivity contribution in [1.29, 1.82) is 0 Å². The van der Waals surface area contributed by atoms with E-state index >= 15 is 0 Å². The third-order valence-electron chi connectivity index (χ3n) is 11.0. The number of carbonyl (C=O) groups is 3. The molecule has 0 bridgehead atoms. The van der Waals surface area contributed by atoms with Gasteiger partial charge in [0.15, 0.2) is 6.10 Å². The molecule has 6 nitrogen and oxygen atoms in total. The van der Waals surface area contributed by atoms with Gasteiger partial charge in [-0.05, 0) is 51.4 Å². The second-order valence-electron chi connectivity index (χ2n) is 16.7. The molecule has 0 spiro atoms. The van der Waals surface area contributed by atoms with Crippen molar-refractivity contribution in [3.8, 4) is 0 Å². The lowest BCUT2D eigenvalue weighted by Gasteiger charge is -2.18. The second kappa shape index (κ2) is 46.6. The first-order valence-corrected chi connectivity index (χ1v) is 24.8. The molecule has 0 amide bonds. The first kappa shape index (κ1) is 54.9. The summed E-state index contributed by atoms with van der Waals surface area (Å²) in [6, 6.07) is 0. The molecule has 1 atom stereocenters. The third-order valence-corrected chi connectivity index (χ3v) is 11.0. The van der Waals surface area contributed by atoms with Crippen LogP contribution in [0.1, 0.15) is 265 Å². The fraction of sp³-hybridized carbons (Fsp3) is 0.863. The minimum Gasteiger partial charge on any atom is -0.462 e. The largest absolute Gasteiger partial charge is 0.462 e. The van der Waals surface area contributed by atoms with Crippen molar-refractivity contribution in [3.05, 3.63) is 24.3 Å². The highest BCUT2D eigenvalue weighted by atomic mass is 16.6. The number of rotatable bonds is 45. The fourth-order valence-corrected chi connectivity index (χ4v) is 7.18. The zero-order chi connectivity index (χ0) is 41.5. The summed E-state index contributed by atoms with van der Waals surface area (Å²) in [6.45, 7) is 6.57. The Bertz CT molecular complexity index is 927. The molecule has 0 aromatic heterocycles. The predicted molar refractivity (Wildman–Crippen MR) is 243 cm³/mol. The summed E-state index contributed by atoms with van der Waals surface area (Å²) in [5, 5.41) is 0. The van der Waals surface area contributed by atoms with Crippen LogP contribution in [0, 0.1) is 0 Å². The van der Waals surface area contributed by atoms with E-state index in [4.69, 9.17) is 14.2 Å². The van der Waals surface area contributed by atoms with Crippen LogP contribution in [0.3, 0.4) is 0 Å². The van der Waals surface area contributed by atoms with Gasteiger partial charge in [-0.2, -0.15) is 0 Å². The summed E-state index contributed by atoms with van der Waals surface area (Å²) in [7, 11) is 0. The van der Waals surface area contributed by atoms with Gasteiger partial charge in [-0.25, -0.2) is 0 Å². The Morgan fingerprint density at radius 2 is 0.632 bits per heavy atom. The van der Waals surface area contributed by atoms with E-state index in [-0.39, 0.29) is 31.1 Å². The first-order chi connectivity index (χ1) is 28.0. The number of ether oxygens (including phenoxy) is 3. The molecule has 0 N–H and O–H groups in total. The second-order valence-corrected chi connectivity index (χ2v) is 16.7. The van der Waals surface area contributed by atoms with Crippen LogP contribution in [0.4, 0.5) is 0 Å². The highest BCUT2D eigenvalue weighted by Crippen LogP contribution is 2.16. The molecule has 57 heavy (non-hydrogen) atoms. The van der Waals surface area contributed by atoms with Crippen molar-refractivity contribution in [3.63, 3.8) is 0 Å². The minimum atomic E-state index is -0.766. The Morgan fingerprint density at radius 3 is 1.00 bits per heavy atom.